The zero-order valence-electron chi connectivity index (χ0n) is 23.0. The zero-order chi connectivity index (χ0) is 29.3. The minimum atomic E-state index is -0.798. The van der Waals surface area contributed by atoms with Crippen LogP contribution >= 0.6 is 11.6 Å². The minimum absolute atomic E-state index is 0.0325. The highest BCUT2D eigenvalue weighted by Crippen LogP contribution is 2.40. The fraction of sp³-hybridized carbons (Fsp3) is 0.367. The molecule has 2 unspecified atom stereocenters. The van der Waals surface area contributed by atoms with E-state index in [1.165, 1.54) is 7.11 Å². The van der Waals surface area contributed by atoms with Gasteiger partial charge in [0.05, 0.1) is 35.8 Å². The van der Waals surface area contributed by atoms with Crippen LogP contribution in [0.3, 0.4) is 0 Å². The van der Waals surface area contributed by atoms with Crippen LogP contribution in [-0.2, 0) is 9.53 Å². The monoisotopic (exact) mass is 563 g/mol. The van der Waals surface area contributed by atoms with Gasteiger partial charge in [-0.3, -0.25) is 0 Å². The average Bonchev–Trinajstić information content (AvgIpc) is 2.94. The van der Waals surface area contributed by atoms with Crippen molar-refractivity contribution in [3.63, 3.8) is 0 Å². The number of aliphatic hydroxyl groups excluding tert-OH is 1. The van der Waals surface area contributed by atoms with E-state index < -0.39 is 23.5 Å². The van der Waals surface area contributed by atoms with Crippen molar-refractivity contribution in [2.45, 2.75) is 38.3 Å². The smallest absolute Gasteiger partial charge is 0.336 e. The summed E-state index contributed by atoms with van der Waals surface area (Å²) in [6.07, 6.45) is -0.798. The lowest BCUT2D eigenvalue weighted by molar-refractivity contribution is -0.136. The number of hydrogen-bond donors (Lipinski definition) is 4. The number of halogens is 1. The van der Waals surface area contributed by atoms with Crippen LogP contribution < -0.4 is 20.7 Å². The summed E-state index contributed by atoms with van der Waals surface area (Å²) in [7, 11) is 1.31. The average molecular weight is 564 g/mol. The third-order valence-electron chi connectivity index (χ3n) is 6.51. The first-order valence-electron chi connectivity index (χ1n) is 12.8. The van der Waals surface area contributed by atoms with Crippen LogP contribution in [0.15, 0.2) is 71.1 Å². The highest BCUT2D eigenvalue weighted by molar-refractivity contribution is 6.31. The van der Waals surface area contributed by atoms with E-state index in [-0.39, 0.29) is 13.2 Å². The molecule has 1 heterocycles. The van der Waals surface area contributed by atoms with Crippen molar-refractivity contribution >= 4 is 17.6 Å². The van der Waals surface area contributed by atoms with Gasteiger partial charge in [-0.15, -0.1) is 0 Å². The number of rotatable bonds is 12. The van der Waals surface area contributed by atoms with E-state index in [0.717, 1.165) is 0 Å². The maximum absolute atomic E-state index is 13.0. The summed E-state index contributed by atoms with van der Waals surface area (Å²) < 4.78 is 10.7. The number of hydrogen-bond acceptors (Lipinski definition) is 9. The van der Waals surface area contributed by atoms with Gasteiger partial charge >= 0.3 is 5.97 Å². The van der Waals surface area contributed by atoms with Crippen LogP contribution in [0.4, 0.5) is 0 Å². The van der Waals surface area contributed by atoms with Gasteiger partial charge < -0.3 is 30.5 Å². The fourth-order valence-corrected chi connectivity index (χ4v) is 4.69. The minimum Gasteiger partial charge on any atom is -0.489 e. The Morgan fingerprint density at radius 3 is 2.55 bits per heavy atom. The number of methoxy groups -OCH3 is 1. The predicted octanol–water partition coefficient (Wildman–Crippen LogP) is 3.52. The molecule has 0 spiro atoms. The number of aliphatic hydroxyl groups is 1. The van der Waals surface area contributed by atoms with E-state index in [9.17, 15) is 20.4 Å². The molecule has 4 N–H and O–H groups in total. The molecule has 2 atom stereocenters. The molecule has 40 heavy (non-hydrogen) atoms. The second-order valence-electron chi connectivity index (χ2n) is 10.1. The van der Waals surface area contributed by atoms with Crippen LogP contribution in [0.5, 0.6) is 5.75 Å². The highest BCUT2D eigenvalue weighted by Gasteiger charge is 2.36. The van der Waals surface area contributed by atoms with Crippen LogP contribution in [-0.4, -0.2) is 56.1 Å². The molecule has 210 valence electrons. The number of nitrogens with one attached hydrogen (secondary N) is 3. The van der Waals surface area contributed by atoms with Crippen molar-refractivity contribution in [1.29, 1.82) is 10.5 Å². The maximum atomic E-state index is 13.0. The molecule has 0 fully saturated rings. The van der Waals surface area contributed by atoms with Crippen molar-refractivity contribution in [2.75, 3.05) is 33.4 Å². The summed E-state index contributed by atoms with van der Waals surface area (Å²) in [5, 5.41) is 39.9. The Labute approximate surface area is 240 Å². The number of β-amino-alcohol motifs (C(OH)–C–C–N with tert-alkyl or cyclic N) is 1. The van der Waals surface area contributed by atoms with Crippen molar-refractivity contribution in [1.82, 2.24) is 16.0 Å². The SMILES string of the molecule is COC(=O)C1=C(CNCC(C)(C)NCC(O)COc2ccccc2C#N)NC(C)=C(C#N)C1c1ccccc1Cl. The number of carbonyl (C=O) groups is 1. The standard InChI is InChI=1S/C30H34ClN5O4/c1-19-23(14-33)27(22-10-6-7-11-24(22)31)28(29(38)39-4)25(36-19)16-34-18-30(2,3)35-15-21(37)17-40-26-12-8-5-9-20(26)13-32/h5-12,21,27,34-37H,15-18H2,1-4H3. The summed E-state index contributed by atoms with van der Waals surface area (Å²) in [5.41, 5.74) is 2.57. The lowest BCUT2D eigenvalue weighted by atomic mass is 9.80. The summed E-state index contributed by atoms with van der Waals surface area (Å²) in [6, 6.07) is 18.3. The zero-order valence-corrected chi connectivity index (χ0v) is 23.8. The number of esters is 1. The molecule has 0 saturated carbocycles. The number of ether oxygens (including phenoxy) is 2. The van der Waals surface area contributed by atoms with Gasteiger partial charge in [0.1, 0.15) is 24.5 Å². The summed E-state index contributed by atoms with van der Waals surface area (Å²) in [5.74, 6) is -0.789. The van der Waals surface area contributed by atoms with Crippen molar-refractivity contribution < 1.29 is 19.4 Å². The van der Waals surface area contributed by atoms with E-state index in [4.69, 9.17) is 21.1 Å². The number of carbonyl (C=O) groups excluding carboxylic acids is 1. The number of allylic oxidation sites excluding steroid dienone is 2. The molecule has 0 radical (unpaired) electrons. The molecule has 0 aromatic heterocycles. The van der Waals surface area contributed by atoms with Gasteiger partial charge in [0.2, 0.25) is 0 Å². The second kappa shape index (κ2) is 14.0. The number of dihydropyridines is 1. The van der Waals surface area contributed by atoms with Crippen molar-refractivity contribution in [3.05, 3.63) is 87.2 Å². The third kappa shape index (κ3) is 7.62. The molecule has 3 rings (SSSR count). The first-order valence-corrected chi connectivity index (χ1v) is 13.2. The molecule has 1 aliphatic rings. The van der Waals surface area contributed by atoms with Gasteiger partial charge in [-0.25, -0.2) is 4.79 Å². The van der Waals surface area contributed by atoms with Crippen molar-refractivity contribution in [2.24, 2.45) is 0 Å². The lowest BCUT2D eigenvalue weighted by Gasteiger charge is -2.32. The van der Waals surface area contributed by atoms with E-state index in [1.54, 1.807) is 49.4 Å². The summed E-state index contributed by atoms with van der Waals surface area (Å²) >= 11 is 6.49. The molecule has 0 amide bonds. The van der Waals surface area contributed by atoms with E-state index >= 15 is 0 Å². The Morgan fingerprint density at radius 1 is 1.18 bits per heavy atom. The molecule has 10 heteroatoms. The normalized spacial score (nSPS) is 16.1. The van der Waals surface area contributed by atoms with Crippen LogP contribution in [0, 0.1) is 22.7 Å². The number of nitrogens with zero attached hydrogens (tertiary/aromatic N) is 2. The Hall–Kier alpha value is -3.86. The molecule has 2 aromatic carbocycles. The first kappa shape index (κ1) is 30.7. The van der Waals surface area contributed by atoms with E-state index in [2.05, 4.69) is 28.1 Å². The molecule has 0 bridgehead atoms. The van der Waals surface area contributed by atoms with Gasteiger partial charge in [-0.2, -0.15) is 10.5 Å². The number of para-hydroxylation sites is 1. The largest absolute Gasteiger partial charge is 0.489 e. The predicted molar refractivity (Wildman–Crippen MR) is 152 cm³/mol. The van der Waals surface area contributed by atoms with E-state index in [1.807, 2.05) is 19.9 Å². The Morgan fingerprint density at radius 2 is 1.88 bits per heavy atom. The van der Waals surface area contributed by atoms with Crippen LogP contribution in [0.2, 0.25) is 5.02 Å². The van der Waals surface area contributed by atoms with Gasteiger partial charge in [-0.1, -0.05) is 41.9 Å². The highest BCUT2D eigenvalue weighted by atomic mass is 35.5. The molecule has 0 saturated heterocycles. The number of benzene rings is 2. The molecule has 9 nitrogen and oxygen atoms in total. The van der Waals surface area contributed by atoms with Crippen molar-refractivity contribution in [3.8, 4) is 17.9 Å². The van der Waals surface area contributed by atoms with Gasteiger partial charge in [0.25, 0.3) is 0 Å². The number of nitriles is 2. The Kier molecular flexibility index (Phi) is 10.7. The molecule has 0 aliphatic carbocycles. The fourth-order valence-electron chi connectivity index (χ4n) is 4.44. The lowest BCUT2D eigenvalue weighted by Crippen LogP contribution is -2.51. The topological polar surface area (TPSA) is 139 Å². The second-order valence-corrected chi connectivity index (χ2v) is 10.5. The van der Waals surface area contributed by atoms with Gasteiger partial charge in [0, 0.05) is 41.6 Å². The van der Waals surface area contributed by atoms with Gasteiger partial charge in [0.15, 0.2) is 0 Å². The Balaban J connectivity index is 1.66. The van der Waals surface area contributed by atoms with Crippen LogP contribution in [0.1, 0.15) is 37.8 Å². The summed E-state index contributed by atoms with van der Waals surface area (Å²) in [4.78, 5) is 13.0. The summed E-state index contributed by atoms with van der Waals surface area (Å²) in [6.45, 7) is 6.83. The third-order valence-corrected chi connectivity index (χ3v) is 6.85. The quantitative estimate of drug-likeness (QED) is 0.285. The van der Waals surface area contributed by atoms with Gasteiger partial charge in [-0.05, 0) is 44.5 Å². The first-order chi connectivity index (χ1) is 19.1. The molecule has 2 aromatic rings. The van der Waals surface area contributed by atoms with E-state index in [0.29, 0.717) is 57.5 Å². The van der Waals surface area contributed by atoms with Crippen LogP contribution in [0.25, 0.3) is 0 Å². The molecular weight excluding hydrogens is 530 g/mol. The maximum Gasteiger partial charge on any atom is 0.336 e. The molecular formula is C30H34ClN5O4. The molecule has 1 aliphatic heterocycles. The Bertz CT molecular complexity index is 1370.